The average Bonchev–Trinajstić information content (AvgIpc) is 2.46. The molecule has 2 rings (SSSR count). The van der Waals surface area contributed by atoms with Crippen LogP contribution in [0.1, 0.15) is 5.56 Å². The quantitative estimate of drug-likeness (QED) is 0.866. The zero-order chi connectivity index (χ0) is 13.7. The molecule has 1 N–H and O–H groups in total. The number of ether oxygens (including phenoxy) is 2. The van der Waals surface area contributed by atoms with Crippen LogP contribution in [0.15, 0.2) is 24.3 Å². The van der Waals surface area contributed by atoms with Crippen molar-refractivity contribution < 1.29 is 19.4 Å². The number of rotatable bonds is 4. The van der Waals surface area contributed by atoms with E-state index < -0.39 is 0 Å². The second-order valence-corrected chi connectivity index (χ2v) is 4.62. The predicted molar refractivity (Wildman–Crippen MR) is 70.1 cm³/mol. The molecule has 1 amide bonds. The fraction of sp³-hybridized carbons (Fsp3) is 0.500. The summed E-state index contributed by atoms with van der Waals surface area (Å²) in [7, 11) is 0. The van der Waals surface area contributed by atoms with Crippen molar-refractivity contribution in [1.29, 1.82) is 0 Å². The zero-order valence-corrected chi connectivity index (χ0v) is 11.0. The van der Waals surface area contributed by atoms with Crippen LogP contribution in [0.5, 0.6) is 5.75 Å². The van der Waals surface area contributed by atoms with Gasteiger partial charge in [0.05, 0.1) is 19.3 Å². The third kappa shape index (κ3) is 3.94. The Balaban J connectivity index is 1.82. The smallest absolute Gasteiger partial charge is 0.260 e. The molecule has 5 nitrogen and oxygen atoms in total. The maximum Gasteiger partial charge on any atom is 0.260 e. The van der Waals surface area contributed by atoms with E-state index in [9.17, 15) is 4.79 Å². The van der Waals surface area contributed by atoms with Gasteiger partial charge in [0.2, 0.25) is 0 Å². The second-order valence-electron chi connectivity index (χ2n) is 4.62. The van der Waals surface area contributed by atoms with Crippen molar-refractivity contribution in [2.75, 3.05) is 32.9 Å². The van der Waals surface area contributed by atoms with Crippen LogP contribution >= 0.6 is 0 Å². The van der Waals surface area contributed by atoms with Gasteiger partial charge in [-0.1, -0.05) is 17.7 Å². The predicted octanol–water partition coefficient (Wildman–Crippen LogP) is 0.594. The molecule has 1 aromatic rings. The topological polar surface area (TPSA) is 59.0 Å². The summed E-state index contributed by atoms with van der Waals surface area (Å²) in [5, 5.41) is 9.03. The SMILES string of the molecule is Cc1ccc(OCC(=O)N2CCOC(CO)C2)cc1. The molecular weight excluding hydrogens is 246 g/mol. The first-order chi connectivity index (χ1) is 9.19. The van der Waals surface area contributed by atoms with E-state index in [1.807, 2.05) is 31.2 Å². The van der Waals surface area contributed by atoms with Gasteiger partial charge in [-0.15, -0.1) is 0 Å². The molecule has 1 aromatic carbocycles. The molecule has 0 aromatic heterocycles. The maximum absolute atomic E-state index is 12.0. The van der Waals surface area contributed by atoms with Crippen LogP contribution in [-0.4, -0.2) is 54.9 Å². The number of aryl methyl sites for hydroxylation is 1. The standard InChI is InChI=1S/C14H19NO4/c1-11-2-4-12(5-3-11)19-10-14(17)15-6-7-18-13(8-15)9-16/h2-5,13,16H,6-10H2,1H3. The number of morpholine rings is 1. The summed E-state index contributed by atoms with van der Waals surface area (Å²) in [6.45, 7) is 3.38. The van der Waals surface area contributed by atoms with Crippen molar-refractivity contribution in [3.05, 3.63) is 29.8 Å². The van der Waals surface area contributed by atoms with E-state index in [1.54, 1.807) is 4.90 Å². The first kappa shape index (κ1) is 13.8. The number of amides is 1. The van der Waals surface area contributed by atoms with E-state index in [0.29, 0.717) is 25.4 Å². The molecule has 0 radical (unpaired) electrons. The summed E-state index contributed by atoms with van der Waals surface area (Å²) in [5.41, 5.74) is 1.15. The highest BCUT2D eigenvalue weighted by Crippen LogP contribution is 2.12. The highest BCUT2D eigenvalue weighted by Gasteiger charge is 2.23. The van der Waals surface area contributed by atoms with Crippen molar-refractivity contribution in [3.63, 3.8) is 0 Å². The van der Waals surface area contributed by atoms with Gasteiger partial charge in [-0.25, -0.2) is 0 Å². The Labute approximate surface area is 112 Å². The van der Waals surface area contributed by atoms with Crippen molar-refractivity contribution >= 4 is 5.91 Å². The van der Waals surface area contributed by atoms with Gasteiger partial charge < -0.3 is 19.5 Å². The number of aliphatic hydroxyl groups is 1. The Morgan fingerprint density at radius 3 is 2.89 bits per heavy atom. The largest absolute Gasteiger partial charge is 0.484 e. The summed E-state index contributed by atoms with van der Waals surface area (Å²) >= 11 is 0. The number of nitrogens with zero attached hydrogens (tertiary/aromatic N) is 1. The lowest BCUT2D eigenvalue weighted by molar-refractivity contribution is -0.142. The Morgan fingerprint density at radius 2 is 2.21 bits per heavy atom. The van der Waals surface area contributed by atoms with Gasteiger partial charge in [-0.3, -0.25) is 4.79 Å². The van der Waals surface area contributed by atoms with Crippen LogP contribution in [0.3, 0.4) is 0 Å². The molecule has 1 aliphatic heterocycles. The summed E-state index contributed by atoms with van der Waals surface area (Å²) in [5.74, 6) is 0.605. The first-order valence-corrected chi connectivity index (χ1v) is 6.39. The molecule has 19 heavy (non-hydrogen) atoms. The monoisotopic (exact) mass is 265 g/mol. The van der Waals surface area contributed by atoms with E-state index >= 15 is 0 Å². The lowest BCUT2D eigenvalue weighted by Crippen LogP contribution is -2.48. The molecule has 1 fully saturated rings. The van der Waals surface area contributed by atoms with Crippen molar-refractivity contribution in [2.24, 2.45) is 0 Å². The molecule has 0 spiro atoms. The summed E-state index contributed by atoms with van der Waals surface area (Å²) in [6, 6.07) is 7.57. The van der Waals surface area contributed by atoms with Gasteiger partial charge in [0.15, 0.2) is 6.61 Å². The normalized spacial score (nSPS) is 19.3. The minimum Gasteiger partial charge on any atom is -0.484 e. The molecule has 1 unspecified atom stereocenters. The molecule has 1 heterocycles. The van der Waals surface area contributed by atoms with Crippen LogP contribution < -0.4 is 4.74 Å². The highest BCUT2D eigenvalue weighted by molar-refractivity contribution is 5.77. The summed E-state index contributed by atoms with van der Waals surface area (Å²) in [4.78, 5) is 13.6. The molecule has 1 aliphatic rings. The molecule has 5 heteroatoms. The Kier molecular flexibility index (Phi) is 4.76. The van der Waals surface area contributed by atoms with Gasteiger partial charge in [0.1, 0.15) is 5.75 Å². The molecule has 104 valence electrons. The van der Waals surface area contributed by atoms with Crippen LogP contribution in [0.25, 0.3) is 0 Å². The maximum atomic E-state index is 12.0. The van der Waals surface area contributed by atoms with E-state index in [1.165, 1.54) is 0 Å². The van der Waals surface area contributed by atoms with Crippen LogP contribution in [0.4, 0.5) is 0 Å². The van der Waals surface area contributed by atoms with E-state index in [0.717, 1.165) is 5.56 Å². The van der Waals surface area contributed by atoms with E-state index in [-0.39, 0.29) is 25.2 Å². The fourth-order valence-electron chi connectivity index (χ4n) is 1.93. The Bertz CT molecular complexity index is 418. The summed E-state index contributed by atoms with van der Waals surface area (Å²) < 4.78 is 10.7. The third-order valence-electron chi connectivity index (χ3n) is 3.08. The molecule has 0 saturated carbocycles. The van der Waals surface area contributed by atoms with Gasteiger partial charge >= 0.3 is 0 Å². The highest BCUT2D eigenvalue weighted by atomic mass is 16.5. The van der Waals surface area contributed by atoms with Crippen molar-refractivity contribution in [1.82, 2.24) is 4.90 Å². The summed E-state index contributed by atoms with van der Waals surface area (Å²) in [6.07, 6.45) is -0.280. The molecular formula is C14H19NO4. The number of benzene rings is 1. The van der Waals surface area contributed by atoms with Gasteiger partial charge in [0.25, 0.3) is 5.91 Å². The number of carbonyl (C=O) groups is 1. The lowest BCUT2D eigenvalue weighted by Gasteiger charge is -2.31. The van der Waals surface area contributed by atoms with E-state index in [4.69, 9.17) is 14.6 Å². The molecule has 1 saturated heterocycles. The lowest BCUT2D eigenvalue weighted by atomic mass is 10.2. The zero-order valence-electron chi connectivity index (χ0n) is 11.0. The number of hydrogen-bond acceptors (Lipinski definition) is 4. The Morgan fingerprint density at radius 1 is 1.47 bits per heavy atom. The van der Waals surface area contributed by atoms with Crippen molar-refractivity contribution in [2.45, 2.75) is 13.0 Å². The third-order valence-corrected chi connectivity index (χ3v) is 3.08. The molecule has 1 atom stereocenters. The number of aliphatic hydroxyl groups excluding tert-OH is 1. The van der Waals surface area contributed by atoms with Gasteiger partial charge in [-0.2, -0.15) is 0 Å². The first-order valence-electron chi connectivity index (χ1n) is 6.39. The number of hydrogen-bond donors (Lipinski definition) is 1. The minimum absolute atomic E-state index is 0.0151. The number of carbonyl (C=O) groups excluding carboxylic acids is 1. The Hall–Kier alpha value is -1.59. The molecule has 0 aliphatic carbocycles. The van der Waals surface area contributed by atoms with Gasteiger partial charge in [0, 0.05) is 13.1 Å². The van der Waals surface area contributed by atoms with Gasteiger partial charge in [-0.05, 0) is 19.1 Å². The fourth-order valence-corrected chi connectivity index (χ4v) is 1.93. The van der Waals surface area contributed by atoms with Crippen LogP contribution in [0, 0.1) is 6.92 Å². The van der Waals surface area contributed by atoms with Crippen LogP contribution in [-0.2, 0) is 9.53 Å². The minimum atomic E-state index is -0.280. The second kappa shape index (κ2) is 6.54. The molecule has 0 bridgehead atoms. The van der Waals surface area contributed by atoms with Crippen LogP contribution in [0.2, 0.25) is 0 Å². The van der Waals surface area contributed by atoms with E-state index in [2.05, 4.69) is 0 Å². The average molecular weight is 265 g/mol. The van der Waals surface area contributed by atoms with Crippen molar-refractivity contribution in [3.8, 4) is 5.75 Å².